The van der Waals surface area contributed by atoms with Crippen LogP contribution < -0.4 is 26.2 Å². The normalized spacial score (nSPS) is 12.5. The summed E-state index contributed by atoms with van der Waals surface area (Å²) < 4.78 is 5.52. The van der Waals surface area contributed by atoms with Gasteiger partial charge in [-0.1, -0.05) is 12.1 Å². The molecule has 0 atom stereocenters. The lowest BCUT2D eigenvalue weighted by molar-refractivity contribution is -0.121. The molecule has 0 aliphatic heterocycles. The fourth-order valence-corrected chi connectivity index (χ4v) is 2.85. The van der Waals surface area contributed by atoms with Crippen molar-refractivity contribution < 1.29 is 19.1 Å². The number of carbonyl (C=O) groups excluding carboxylic acids is 3. The van der Waals surface area contributed by atoms with Crippen LogP contribution in [0.4, 0.5) is 5.69 Å². The van der Waals surface area contributed by atoms with Crippen molar-refractivity contribution in [2.45, 2.75) is 26.7 Å². The van der Waals surface area contributed by atoms with E-state index in [-0.39, 0.29) is 23.5 Å². The first-order valence-corrected chi connectivity index (χ1v) is 10.2. The van der Waals surface area contributed by atoms with Gasteiger partial charge in [-0.2, -0.15) is 0 Å². The molecule has 3 amide bonds. The number of nitrogens with one attached hydrogen (secondary N) is 4. The summed E-state index contributed by atoms with van der Waals surface area (Å²) in [4.78, 5) is 36.0. The fraction of sp³-hybridized carbons (Fsp3) is 0.273. The molecule has 0 radical (unpaired) electrons. The maximum Gasteiger partial charge on any atom is 0.269 e. The highest BCUT2D eigenvalue weighted by molar-refractivity contribution is 7.80. The molecule has 1 aliphatic carbocycles. The molecule has 0 saturated heterocycles. The third-order valence-electron chi connectivity index (χ3n) is 4.61. The number of carbonyl (C=O) groups is 3. The van der Waals surface area contributed by atoms with Crippen LogP contribution in [0.2, 0.25) is 0 Å². The van der Waals surface area contributed by atoms with Crippen LogP contribution in [0.5, 0.6) is 5.75 Å². The third kappa shape index (κ3) is 6.78. The number of benzene rings is 2. The average molecular weight is 441 g/mol. The van der Waals surface area contributed by atoms with E-state index in [1.54, 1.807) is 24.3 Å². The summed E-state index contributed by atoms with van der Waals surface area (Å²) in [6.07, 6.45) is 1.85. The van der Waals surface area contributed by atoms with Crippen LogP contribution in [0.1, 0.15) is 34.3 Å². The molecule has 162 valence electrons. The smallest absolute Gasteiger partial charge is 0.269 e. The highest BCUT2D eigenvalue weighted by Gasteiger charge is 2.29. The first kappa shape index (κ1) is 22.2. The molecule has 0 spiro atoms. The van der Waals surface area contributed by atoms with E-state index in [0.29, 0.717) is 17.0 Å². The Morgan fingerprint density at radius 1 is 1.03 bits per heavy atom. The van der Waals surface area contributed by atoms with Gasteiger partial charge in [-0.15, -0.1) is 0 Å². The number of aryl methyl sites for hydroxylation is 2. The van der Waals surface area contributed by atoms with E-state index in [4.69, 9.17) is 17.0 Å². The summed E-state index contributed by atoms with van der Waals surface area (Å²) in [6, 6.07) is 12.2. The summed E-state index contributed by atoms with van der Waals surface area (Å²) in [6.45, 7) is 3.61. The van der Waals surface area contributed by atoms with Gasteiger partial charge in [0.05, 0.1) is 0 Å². The van der Waals surface area contributed by atoms with Gasteiger partial charge in [0.15, 0.2) is 11.7 Å². The van der Waals surface area contributed by atoms with Crippen LogP contribution in [-0.2, 0) is 9.59 Å². The van der Waals surface area contributed by atoms with Gasteiger partial charge in [-0.25, -0.2) is 0 Å². The van der Waals surface area contributed by atoms with Crippen molar-refractivity contribution >= 4 is 40.7 Å². The minimum Gasteiger partial charge on any atom is -0.483 e. The molecule has 3 rings (SSSR count). The summed E-state index contributed by atoms with van der Waals surface area (Å²) in [7, 11) is 0. The number of thiocarbonyl (C=S) groups is 1. The molecule has 0 aromatic heterocycles. The molecule has 8 nitrogen and oxygen atoms in total. The number of amides is 3. The van der Waals surface area contributed by atoms with Gasteiger partial charge in [0, 0.05) is 17.2 Å². The number of hydrogen-bond donors (Lipinski definition) is 4. The van der Waals surface area contributed by atoms with Crippen LogP contribution in [-0.4, -0.2) is 29.4 Å². The molecule has 1 fully saturated rings. The van der Waals surface area contributed by atoms with Gasteiger partial charge in [-0.3, -0.25) is 30.6 Å². The number of hydrogen-bond acceptors (Lipinski definition) is 5. The lowest BCUT2D eigenvalue weighted by atomic mass is 10.1. The Bertz CT molecular complexity index is 1000. The molecule has 2 aromatic carbocycles. The highest BCUT2D eigenvalue weighted by Crippen LogP contribution is 2.30. The monoisotopic (exact) mass is 440 g/mol. The van der Waals surface area contributed by atoms with E-state index in [2.05, 4.69) is 21.5 Å². The Kier molecular flexibility index (Phi) is 7.19. The second-order valence-corrected chi connectivity index (χ2v) is 7.76. The summed E-state index contributed by atoms with van der Waals surface area (Å²) in [5.74, 6) is -0.165. The average Bonchev–Trinajstić information content (AvgIpc) is 3.59. The Labute approximate surface area is 185 Å². The standard InChI is InChI=1S/C22H24N4O4S/c1-13-3-4-14(2)18(11-13)30-12-19(27)24-22(31)26-25-21(29)16-7-9-17(10-8-16)23-20(28)15-5-6-15/h3-4,7-11,15H,5-6,12H2,1-2H3,(H,23,28)(H,25,29)(H2,24,26,27,31). The van der Waals surface area contributed by atoms with Gasteiger partial charge in [0.2, 0.25) is 5.91 Å². The quantitative estimate of drug-likeness (QED) is 0.406. The maximum absolute atomic E-state index is 12.2. The van der Waals surface area contributed by atoms with E-state index < -0.39 is 11.8 Å². The Hall–Kier alpha value is -3.46. The van der Waals surface area contributed by atoms with Gasteiger partial charge < -0.3 is 10.1 Å². The molecule has 0 bridgehead atoms. The summed E-state index contributed by atoms with van der Waals surface area (Å²) in [5, 5.41) is 5.18. The van der Waals surface area contributed by atoms with Crippen LogP contribution in [0.3, 0.4) is 0 Å². The number of ether oxygens (including phenoxy) is 1. The Balaban J connectivity index is 1.40. The van der Waals surface area contributed by atoms with Gasteiger partial charge >= 0.3 is 0 Å². The minimum absolute atomic E-state index is 0.00139. The Morgan fingerprint density at radius 2 is 1.74 bits per heavy atom. The molecule has 31 heavy (non-hydrogen) atoms. The number of anilines is 1. The summed E-state index contributed by atoms with van der Waals surface area (Å²) in [5.41, 5.74) is 7.83. The van der Waals surface area contributed by atoms with Crippen LogP contribution in [0.15, 0.2) is 42.5 Å². The number of rotatable bonds is 6. The van der Waals surface area contributed by atoms with Crippen LogP contribution in [0.25, 0.3) is 0 Å². The van der Waals surface area contributed by atoms with Crippen LogP contribution >= 0.6 is 12.2 Å². The zero-order valence-corrected chi connectivity index (χ0v) is 18.1. The third-order valence-corrected chi connectivity index (χ3v) is 4.81. The molecule has 1 aliphatic rings. The van der Waals surface area contributed by atoms with E-state index >= 15 is 0 Å². The topological polar surface area (TPSA) is 109 Å². The van der Waals surface area contributed by atoms with Gasteiger partial charge in [0.25, 0.3) is 11.8 Å². The molecule has 0 unspecified atom stereocenters. The molecule has 9 heteroatoms. The zero-order chi connectivity index (χ0) is 22.4. The first-order chi connectivity index (χ1) is 14.8. The van der Waals surface area contributed by atoms with Gasteiger partial charge in [-0.05, 0) is 80.4 Å². The largest absolute Gasteiger partial charge is 0.483 e. The molecule has 1 saturated carbocycles. The second kappa shape index (κ2) is 10.0. The van der Waals surface area contributed by atoms with Crippen molar-refractivity contribution in [3.05, 3.63) is 59.2 Å². The lowest BCUT2D eigenvalue weighted by Gasteiger charge is -2.12. The van der Waals surface area contributed by atoms with E-state index in [1.165, 1.54) is 0 Å². The Morgan fingerprint density at radius 3 is 2.42 bits per heavy atom. The van der Waals surface area contributed by atoms with Crippen molar-refractivity contribution in [3.8, 4) is 5.75 Å². The highest BCUT2D eigenvalue weighted by atomic mass is 32.1. The second-order valence-electron chi connectivity index (χ2n) is 7.35. The maximum atomic E-state index is 12.2. The molecular weight excluding hydrogens is 416 g/mol. The predicted molar refractivity (Wildman–Crippen MR) is 121 cm³/mol. The van der Waals surface area contributed by atoms with Gasteiger partial charge in [0.1, 0.15) is 5.75 Å². The van der Waals surface area contributed by atoms with E-state index in [1.807, 2.05) is 32.0 Å². The van der Waals surface area contributed by atoms with E-state index in [0.717, 1.165) is 24.0 Å². The zero-order valence-electron chi connectivity index (χ0n) is 17.3. The molecule has 0 heterocycles. The van der Waals surface area contributed by atoms with Crippen molar-refractivity contribution in [2.24, 2.45) is 5.92 Å². The van der Waals surface area contributed by atoms with Crippen molar-refractivity contribution in [1.29, 1.82) is 0 Å². The van der Waals surface area contributed by atoms with E-state index in [9.17, 15) is 14.4 Å². The van der Waals surface area contributed by atoms with Crippen molar-refractivity contribution in [2.75, 3.05) is 11.9 Å². The molecule has 4 N–H and O–H groups in total. The van der Waals surface area contributed by atoms with Crippen LogP contribution in [0, 0.1) is 19.8 Å². The minimum atomic E-state index is -0.455. The lowest BCUT2D eigenvalue weighted by Crippen LogP contribution is -2.49. The molecule has 2 aromatic rings. The van der Waals surface area contributed by atoms with Crippen molar-refractivity contribution in [1.82, 2.24) is 16.2 Å². The first-order valence-electron chi connectivity index (χ1n) is 9.83. The predicted octanol–water partition coefficient (Wildman–Crippen LogP) is 2.37. The SMILES string of the molecule is Cc1ccc(C)c(OCC(=O)NC(=S)NNC(=O)c2ccc(NC(=O)C3CC3)cc2)c1. The number of hydrazine groups is 1. The molecular formula is C22H24N4O4S. The summed E-state index contributed by atoms with van der Waals surface area (Å²) >= 11 is 5.01. The van der Waals surface area contributed by atoms with Crippen molar-refractivity contribution in [3.63, 3.8) is 0 Å². The fourth-order valence-electron chi connectivity index (χ4n) is 2.68.